The van der Waals surface area contributed by atoms with E-state index < -0.39 is 0 Å². The van der Waals surface area contributed by atoms with Crippen LogP contribution in [0, 0.1) is 6.92 Å². The summed E-state index contributed by atoms with van der Waals surface area (Å²) in [5, 5.41) is 5.91. The number of hydrogen-bond acceptors (Lipinski definition) is 3. The second-order valence-corrected chi connectivity index (χ2v) is 3.94. The zero-order valence-corrected chi connectivity index (χ0v) is 10.7. The summed E-state index contributed by atoms with van der Waals surface area (Å²) in [5.74, 6) is 0.790. The van der Waals surface area contributed by atoms with E-state index in [1.165, 1.54) is 0 Å². The predicted molar refractivity (Wildman–Crippen MR) is 69.5 cm³/mol. The topological polar surface area (TPSA) is 50.4 Å². The zero-order valence-electron chi connectivity index (χ0n) is 10.7. The number of anilines is 1. The van der Waals surface area contributed by atoms with Gasteiger partial charge in [-0.15, -0.1) is 0 Å². The minimum absolute atomic E-state index is 0.0385. The van der Waals surface area contributed by atoms with Gasteiger partial charge in [0, 0.05) is 18.2 Å². The van der Waals surface area contributed by atoms with Crippen molar-refractivity contribution in [1.82, 2.24) is 5.32 Å². The minimum atomic E-state index is 0.0385. The molecule has 1 amide bonds. The highest BCUT2D eigenvalue weighted by Crippen LogP contribution is 2.21. The number of methoxy groups -OCH3 is 1. The summed E-state index contributed by atoms with van der Waals surface area (Å²) in [6.45, 7) is 2.81. The second kappa shape index (κ2) is 6.91. The van der Waals surface area contributed by atoms with E-state index in [2.05, 4.69) is 10.6 Å². The standard InChI is InChI=1S/C13H20N2O2/c1-10-6-7-11(17-3)9-12(10)15-13(16)5-4-8-14-2/h6-7,9,14H,4-5,8H2,1-3H3,(H,15,16). The summed E-state index contributed by atoms with van der Waals surface area (Å²) < 4.78 is 5.13. The molecule has 0 aromatic heterocycles. The SMILES string of the molecule is CNCCCC(=O)Nc1cc(OC)ccc1C. The summed E-state index contributed by atoms with van der Waals surface area (Å²) in [6.07, 6.45) is 1.36. The predicted octanol–water partition coefficient (Wildman–Crippen LogP) is 1.94. The average molecular weight is 236 g/mol. The first-order valence-corrected chi connectivity index (χ1v) is 5.76. The van der Waals surface area contributed by atoms with Gasteiger partial charge in [0.25, 0.3) is 0 Å². The zero-order chi connectivity index (χ0) is 12.7. The lowest BCUT2D eigenvalue weighted by atomic mass is 10.2. The number of carbonyl (C=O) groups excluding carboxylic acids is 1. The van der Waals surface area contributed by atoms with Crippen molar-refractivity contribution in [3.8, 4) is 5.75 Å². The summed E-state index contributed by atoms with van der Waals surface area (Å²) >= 11 is 0. The molecule has 1 aromatic carbocycles. The van der Waals surface area contributed by atoms with E-state index in [1.807, 2.05) is 32.2 Å². The molecule has 17 heavy (non-hydrogen) atoms. The van der Waals surface area contributed by atoms with Gasteiger partial charge in [-0.25, -0.2) is 0 Å². The van der Waals surface area contributed by atoms with Crippen molar-refractivity contribution in [2.24, 2.45) is 0 Å². The first kappa shape index (κ1) is 13.5. The van der Waals surface area contributed by atoms with Gasteiger partial charge in [-0.05, 0) is 38.6 Å². The van der Waals surface area contributed by atoms with E-state index in [-0.39, 0.29) is 5.91 Å². The Bertz CT molecular complexity index is 378. The quantitative estimate of drug-likeness (QED) is 0.742. The Balaban J connectivity index is 2.57. The van der Waals surface area contributed by atoms with Crippen LogP contribution in [-0.2, 0) is 4.79 Å². The molecule has 0 saturated heterocycles. The molecule has 0 aliphatic heterocycles. The van der Waals surface area contributed by atoms with Crippen LogP contribution < -0.4 is 15.4 Å². The minimum Gasteiger partial charge on any atom is -0.497 e. The van der Waals surface area contributed by atoms with Crippen LogP contribution in [0.1, 0.15) is 18.4 Å². The Morgan fingerprint density at radius 1 is 1.41 bits per heavy atom. The number of hydrogen-bond donors (Lipinski definition) is 2. The number of rotatable bonds is 6. The van der Waals surface area contributed by atoms with Crippen LogP contribution in [-0.4, -0.2) is 26.6 Å². The van der Waals surface area contributed by atoms with Gasteiger partial charge in [0.05, 0.1) is 7.11 Å². The molecule has 1 rings (SSSR count). The maximum absolute atomic E-state index is 11.7. The molecular formula is C13H20N2O2. The smallest absolute Gasteiger partial charge is 0.224 e. The Kier molecular flexibility index (Phi) is 5.49. The number of amides is 1. The van der Waals surface area contributed by atoms with E-state index in [1.54, 1.807) is 7.11 Å². The van der Waals surface area contributed by atoms with E-state index in [0.29, 0.717) is 6.42 Å². The van der Waals surface area contributed by atoms with Crippen LogP contribution in [0.2, 0.25) is 0 Å². The lowest BCUT2D eigenvalue weighted by Gasteiger charge is -2.10. The van der Waals surface area contributed by atoms with Crippen molar-refractivity contribution in [3.05, 3.63) is 23.8 Å². The highest BCUT2D eigenvalue weighted by atomic mass is 16.5. The van der Waals surface area contributed by atoms with Gasteiger partial charge in [-0.2, -0.15) is 0 Å². The summed E-state index contributed by atoms with van der Waals surface area (Å²) in [7, 11) is 3.49. The molecule has 0 radical (unpaired) electrons. The number of ether oxygens (including phenoxy) is 1. The van der Waals surface area contributed by atoms with Gasteiger partial charge in [0.1, 0.15) is 5.75 Å². The Hall–Kier alpha value is -1.55. The second-order valence-electron chi connectivity index (χ2n) is 3.94. The molecule has 0 saturated carbocycles. The van der Waals surface area contributed by atoms with Gasteiger partial charge in [0.2, 0.25) is 5.91 Å². The van der Waals surface area contributed by atoms with Crippen molar-refractivity contribution in [2.45, 2.75) is 19.8 Å². The van der Waals surface area contributed by atoms with Crippen molar-refractivity contribution in [2.75, 3.05) is 26.0 Å². The van der Waals surface area contributed by atoms with Crippen LogP contribution in [0.3, 0.4) is 0 Å². The lowest BCUT2D eigenvalue weighted by Crippen LogP contribution is -2.15. The van der Waals surface area contributed by atoms with E-state index in [9.17, 15) is 4.79 Å². The molecule has 0 fully saturated rings. The molecule has 0 heterocycles. The normalized spacial score (nSPS) is 10.1. The third-order valence-electron chi connectivity index (χ3n) is 2.55. The van der Waals surface area contributed by atoms with Crippen molar-refractivity contribution in [1.29, 1.82) is 0 Å². The maximum Gasteiger partial charge on any atom is 0.224 e. The van der Waals surface area contributed by atoms with Crippen LogP contribution >= 0.6 is 0 Å². The molecule has 0 unspecified atom stereocenters. The fraction of sp³-hybridized carbons (Fsp3) is 0.462. The molecular weight excluding hydrogens is 216 g/mol. The van der Waals surface area contributed by atoms with Crippen LogP contribution in [0.4, 0.5) is 5.69 Å². The van der Waals surface area contributed by atoms with Gasteiger partial charge in [-0.1, -0.05) is 6.07 Å². The van der Waals surface area contributed by atoms with Crippen LogP contribution in [0.5, 0.6) is 5.75 Å². The molecule has 1 aromatic rings. The molecule has 0 aliphatic carbocycles. The molecule has 0 aliphatic rings. The van der Waals surface area contributed by atoms with Gasteiger partial charge in [-0.3, -0.25) is 4.79 Å². The molecule has 4 heteroatoms. The van der Waals surface area contributed by atoms with E-state index in [0.717, 1.165) is 30.0 Å². The Morgan fingerprint density at radius 2 is 2.18 bits per heavy atom. The van der Waals surface area contributed by atoms with Crippen molar-refractivity contribution >= 4 is 11.6 Å². The first-order chi connectivity index (χ1) is 8.17. The summed E-state index contributed by atoms with van der Waals surface area (Å²) in [4.78, 5) is 11.7. The highest BCUT2D eigenvalue weighted by Gasteiger charge is 2.05. The molecule has 0 bridgehead atoms. The largest absolute Gasteiger partial charge is 0.497 e. The van der Waals surface area contributed by atoms with Crippen LogP contribution in [0.15, 0.2) is 18.2 Å². The van der Waals surface area contributed by atoms with Crippen molar-refractivity contribution < 1.29 is 9.53 Å². The number of aryl methyl sites for hydroxylation is 1. The fourth-order valence-electron chi connectivity index (χ4n) is 1.50. The monoisotopic (exact) mass is 236 g/mol. The third-order valence-corrected chi connectivity index (χ3v) is 2.55. The molecule has 0 spiro atoms. The van der Waals surface area contributed by atoms with Crippen LogP contribution in [0.25, 0.3) is 0 Å². The maximum atomic E-state index is 11.7. The van der Waals surface area contributed by atoms with E-state index >= 15 is 0 Å². The molecule has 94 valence electrons. The average Bonchev–Trinajstić information content (AvgIpc) is 2.32. The van der Waals surface area contributed by atoms with Gasteiger partial charge in [0.15, 0.2) is 0 Å². The fourth-order valence-corrected chi connectivity index (χ4v) is 1.50. The number of carbonyl (C=O) groups is 1. The van der Waals surface area contributed by atoms with E-state index in [4.69, 9.17) is 4.74 Å². The molecule has 4 nitrogen and oxygen atoms in total. The first-order valence-electron chi connectivity index (χ1n) is 5.76. The summed E-state index contributed by atoms with van der Waals surface area (Å²) in [6, 6.07) is 5.65. The van der Waals surface area contributed by atoms with Gasteiger partial charge < -0.3 is 15.4 Å². The molecule has 2 N–H and O–H groups in total. The Morgan fingerprint density at radius 3 is 2.82 bits per heavy atom. The number of benzene rings is 1. The van der Waals surface area contributed by atoms with Crippen molar-refractivity contribution in [3.63, 3.8) is 0 Å². The highest BCUT2D eigenvalue weighted by molar-refractivity contribution is 5.91. The summed E-state index contributed by atoms with van der Waals surface area (Å²) in [5.41, 5.74) is 1.85. The van der Waals surface area contributed by atoms with Gasteiger partial charge >= 0.3 is 0 Å². The molecule has 0 atom stereocenters. The number of nitrogens with one attached hydrogen (secondary N) is 2. The third kappa shape index (κ3) is 4.44. The lowest BCUT2D eigenvalue weighted by molar-refractivity contribution is -0.116. The Labute approximate surface area is 102 Å².